The van der Waals surface area contributed by atoms with Crippen LogP contribution in [0.25, 0.3) is 0 Å². The number of carboxylic acids is 1. The van der Waals surface area contributed by atoms with Gasteiger partial charge in [-0.05, 0) is 16.8 Å². The molecule has 1 atom stereocenters. The molecule has 1 unspecified atom stereocenters. The maximum atomic E-state index is 11.9. The Hall–Kier alpha value is -1.71. The molecule has 1 aromatic heterocycles. The van der Waals surface area contributed by atoms with Crippen molar-refractivity contribution in [1.82, 2.24) is 20.2 Å². The lowest BCUT2D eigenvalue weighted by atomic mass is 10.1. The Kier molecular flexibility index (Phi) is 6.53. The number of rotatable bonds is 9. The van der Waals surface area contributed by atoms with Crippen LogP contribution in [-0.4, -0.2) is 50.7 Å². The van der Waals surface area contributed by atoms with E-state index in [0.29, 0.717) is 12.2 Å². The maximum absolute atomic E-state index is 11.9. The van der Waals surface area contributed by atoms with E-state index in [4.69, 9.17) is 5.11 Å². The van der Waals surface area contributed by atoms with Crippen molar-refractivity contribution in [3.63, 3.8) is 0 Å². The van der Waals surface area contributed by atoms with Gasteiger partial charge in [0.1, 0.15) is 6.61 Å². The lowest BCUT2D eigenvalue weighted by molar-refractivity contribution is -0.173. The third kappa shape index (κ3) is 6.52. The van der Waals surface area contributed by atoms with E-state index in [1.807, 2.05) is 6.92 Å². The lowest BCUT2D eigenvalue weighted by Gasteiger charge is -2.15. The molecule has 0 radical (unpaired) electrons. The van der Waals surface area contributed by atoms with E-state index in [0.717, 1.165) is 6.42 Å². The molecule has 0 bridgehead atoms. The van der Waals surface area contributed by atoms with E-state index in [-0.39, 0.29) is 19.4 Å². The molecule has 7 nitrogen and oxygen atoms in total. The van der Waals surface area contributed by atoms with Crippen molar-refractivity contribution in [2.45, 2.75) is 44.8 Å². The van der Waals surface area contributed by atoms with Gasteiger partial charge in [0.2, 0.25) is 0 Å². The molecule has 0 saturated carbocycles. The largest absolute Gasteiger partial charge is 0.481 e. The fourth-order valence-electron chi connectivity index (χ4n) is 1.86. The Morgan fingerprint density at radius 2 is 2.19 bits per heavy atom. The van der Waals surface area contributed by atoms with Crippen LogP contribution in [0.4, 0.5) is 13.2 Å². The molecule has 10 heteroatoms. The second-order valence-electron chi connectivity index (χ2n) is 4.50. The number of carboxylic acid groups (broad SMARTS) is 1. The zero-order valence-corrected chi connectivity index (χ0v) is 11.5. The Morgan fingerprint density at radius 1 is 1.48 bits per heavy atom. The van der Waals surface area contributed by atoms with Crippen molar-refractivity contribution in [3.8, 4) is 0 Å². The van der Waals surface area contributed by atoms with E-state index in [9.17, 15) is 18.0 Å². The predicted octanol–water partition coefficient (Wildman–Crippen LogP) is 1.61. The highest BCUT2D eigenvalue weighted by molar-refractivity contribution is 5.67. The molecule has 0 spiro atoms. The van der Waals surface area contributed by atoms with Gasteiger partial charge in [-0.25, -0.2) is 4.68 Å². The van der Waals surface area contributed by atoms with E-state index in [2.05, 4.69) is 20.3 Å². The highest BCUT2D eigenvalue weighted by Gasteiger charge is 2.27. The number of hydrogen-bond acceptors (Lipinski definition) is 5. The Morgan fingerprint density at radius 3 is 2.76 bits per heavy atom. The van der Waals surface area contributed by atoms with Crippen LogP contribution in [-0.2, 0) is 16.0 Å². The molecule has 1 N–H and O–H groups in total. The minimum absolute atomic E-state index is 0.0862. The van der Waals surface area contributed by atoms with Crippen LogP contribution < -0.4 is 0 Å². The molecule has 1 heterocycles. The van der Waals surface area contributed by atoms with Gasteiger partial charge in [-0.2, -0.15) is 13.2 Å². The van der Waals surface area contributed by atoms with Crippen LogP contribution >= 0.6 is 0 Å². The van der Waals surface area contributed by atoms with E-state index in [1.165, 1.54) is 4.68 Å². The standard InChI is InChI=1S/C11H17F3N4O3/c1-2-3-8(6-10(19)20)18-9(15-16-17-18)4-5-21-7-11(12,13)14/h8H,2-7H2,1H3,(H,19,20). The number of aliphatic carboxylic acids is 1. The van der Waals surface area contributed by atoms with Crippen LogP contribution in [0.15, 0.2) is 0 Å². The molecule has 0 aromatic carbocycles. The van der Waals surface area contributed by atoms with Crippen molar-refractivity contribution in [2.75, 3.05) is 13.2 Å². The number of ether oxygens (including phenoxy) is 1. The number of hydrogen-bond donors (Lipinski definition) is 1. The third-order valence-electron chi connectivity index (χ3n) is 2.67. The highest BCUT2D eigenvalue weighted by Crippen LogP contribution is 2.19. The summed E-state index contributed by atoms with van der Waals surface area (Å²) >= 11 is 0. The summed E-state index contributed by atoms with van der Waals surface area (Å²) in [4.78, 5) is 10.8. The number of halogens is 3. The second-order valence-corrected chi connectivity index (χ2v) is 4.50. The van der Waals surface area contributed by atoms with E-state index >= 15 is 0 Å². The van der Waals surface area contributed by atoms with Crippen molar-refractivity contribution < 1.29 is 27.8 Å². The summed E-state index contributed by atoms with van der Waals surface area (Å²) in [6.45, 7) is 0.374. The smallest absolute Gasteiger partial charge is 0.411 e. The van der Waals surface area contributed by atoms with E-state index in [1.54, 1.807) is 0 Å². The number of alkyl halides is 3. The van der Waals surface area contributed by atoms with E-state index < -0.39 is 24.8 Å². The summed E-state index contributed by atoms with van der Waals surface area (Å²) < 4.78 is 41.7. The quantitative estimate of drug-likeness (QED) is 0.697. The van der Waals surface area contributed by atoms with Gasteiger partial charge in [0.15, 0.2) is 5.82 Å². The minimum atomic E-state index is -4.38. The SMILES string of the molecule is CCCC(CC(=O)O)n1nnnc1CCOCC(F)(F)F. The van der Waals surface area contributed by atoms with Crippen LogP contribution in [0.3, 0.4) is 0 Å². The summed E-state index contributed by atoms with van der Waals surface area (Å²) in [7, 11) is 0. The van der Waals surface area contributed by atoms with Gasteiger partial charge >= 0.3 is 12.1 Å². The monoisotopic (exact) mass is 310 g/mol. The number of tetrazole rings is 1. The molecular formula is C11H17F3N4O3. The average Bonchev–Trinajstić information content (AvgIpc) is 2.80. The third-order valence-corrected chi connectivity index (χ3v) is 2.67. The first kappa shape index (κ1) is 17.3. The van der Waals surface area contributed by atoms with Gasteiger partial charge in [-0.15, -0.1) is 5.10 Å². The highest BCUT2D eigenvalue weighted by atomic mass is 19.4. The van der Waals surface area contributed by atoms with Gasteiger partial charge in [0, 0.05) is 6.42 Å². The average molecular weight is 310 g/mol. The molecule has 0 aliphatic rings. The Bertz CT molecular complexity index is 450. The summed E-state index contributed by atoms with van der Waals surface area (Å²) in [6, 6.07) is -0.417. The summed E-state index contributed by atoms with van der Waals surface area (Å²) in [6.07, 6.45) is -3.13. The first-order valence-corrected chi connectivity index (χ1v) is 6.46. The molecule has 0 fully saturated rings. The van der Waals surface area contributed by atoms with Crippen LogP contribution in [0.5, 0.6) is 0 Å². The van der Waals surface area contributed by atoms with Crippen LogP contribution in [0, 0.1) is 0 Å². The molecule has 1 rings (SSSR count). The number of aromatic nitrogens is 4. The molecule has 120 valence electrons. The molecule has 0 amide bonds. The molecule has 21 heavy (non-hydrogen) atoms. The van der Waals surface area contributed by atoms with Crippen LogP contribution in [0.2, 0.25) is 0 Å². The van der Waals surface area contributed by atoms with Crippen molar-refractivity contribution in [2.24, 2.45) is 0 Å². The first-order valence-electron chi connectivity index (χ1n) is 6.46. The van der Waals surface area contributed by atoms with Gasteiger partial charge in [0.25, 0.3) is 0 Å². The Labute approximate surface area is 119 Å². The summed E-state index contributed by atoms with van der Waals surface area (Å²) in [5, 5.41) is 19.8. The number of nitrogens with zero attached hydrogens (tertiary/aromatic N) is 4. The topological polar surface area (TPSA) is 90.1 Å². The predicted molar refractivity (Wildman–Crippen MR) is 64.6 cm³/mol. The zero-order valence-electron chi connectivity index (χ0n) is 11.5. The summed E-state index contributed by atoms with van der Waals surface area (Å²) in [5.41, 5.74) is 0. The summed E-state index contributed by atoms with van der Waals surface area (Å²) in [5.74, 6) is -0.667. The zero-order chi connectivity index (χ0) is 15.9. The second kappa shape index (κ2) is 7.91. The van der Waals surface area contributed by atoms with Crippen molar-refractivity contribution >= 4 is 5.97 Å². The number of carbonyl (C=O) groups is 1. The fourth-order valence-corrected chi connectivity index (χ4v) is 1.86. The minimum Gasteiger partial charge on any atom is -0.481 e. The molecule has 0 saturated heterocycles. The van der Waals surface area contributed by atoms with Crippen molar-refractivity contribution in [1.29, 1.82) is 0 Å². The molecule has 0 aliphatic heterocycles. The first-order chi connectivity index (χ1) is 9.83. The Balaban J connectivity index is 2.60. The maximum Gasteiger partial charge on any atom is 0.411 e. The van der Waals surface area contributed by atoms with Crippen molar-refractivity contribution in [3.05, 3.63) is 5.82 Å². The molecule has 1 aromatic rings. The fraction of sp³-hybridized carbons (Fsp3) is 0.818. The lowest BCUT2D eigenvalue weighted by Crippen LogP contribution is -2.21. The normalized spacial score (nSPS) is 13.3. The molecular weight excluding hydrogens is 293 g/mol. The van der Waals surface area contributed by atoms with Gasteiger partial charge in [-0.1, -0.05) is 13.3 Å². The van der Waals surface area contributed by atoms with Gasteiger partial charge in [-0.3, -0.25) is 4.79 Å². The molecule has 0 aliphatic carbocycles. The van der Waals surface area contributed by atoms with Gasteiger partial charge in [0.05, 0.1) is 19.1 Å². The van der Waals surface area contributed by atoms with Gasteiger partial charge < -0.3 is 9.84 Å². The van der Waals surface area contributed by atoms with Crippen LogP contribution in [0.1, 0.15) is 38.1 Å².